The SMILES string of the molecule is CC[C@H](C)[C@H](NC(=O)[C@H](CC(C)C)N(C)C(=O)C[C@@H](C(=O)N(C)C)N(C)C(=O)[C@H](C1CCCC1)N(C)C(=O)C1(NC(=O)[C@@H]2CCCN2C(=O)[C@H](CCc2cc(F)c(C(F)(F)F)c(F)c2)NC(=O)CN(C)C(=O)[C@H](Cc2ccc(C)cc2)N(CC)C(=O)[C@@H]2CCN2)CCCC1)C(=O)N(C)[C@@H](C)C(=O)O. The third kappa shape index (κ3) is 20.6. The van der Waals surface area contributed by atoms with Gasteiger partial charge in [0, 0.05) is 68.8 Å². The van der Waals surface area contributed by atoms with Crippen molar-refractivity contribution in [1.29, 1.82) is 0 Å². The Hall–Kier alpha value is -8.31. The van der Waals surface area contributed by atoms with Crippen molar-refractivity contribution in [3.8, 4) is 0 Å². The molecule has 0 spiro atoms. The first-order valence-corrected chi connectivity index (χ1v) is 35.9. The van der Waals surface area contributed by atoms with Gasteiger partial charge in [0.1, 0.15) is 71.1 Å². The highest BCUT2D eigenvalue weighted by Crippen LogP contribution is 2.38. The summed E-state index contributed by atoms with van der Waals surface area (Å²) in [4.78, 5) is 183. The highest BCUT2D eigenvalue weighted by molar-refractivity contribution is 6.00. The molecule has 4 fully saturated rings. The number of amides is 11. The van der Waals surface area contributed by atoms with Crippen LogP contribution in [0.3, 0.4) is 0 Å². The first-order chi connectivity index (χ1) is 48.3. The van der Waals surface area contributed by atoms with Gasteiger partial charge in [-0.2, -0.15) is 13.2 Å². The zero-order chi connectivity index (χ0) is 76.9. The Morgan fingerprint density at radius 1 is 0.709 bits per heavy atom. The van der Waals surface area contributed by atoms with Gasteiger partial charge in [-0.05, 0) is 133 Å². The monoisotopic (exact) mass is 1450 g/mol. The summed E-state index contributed by atoms with van der Waals surface area (Å²) < 4.78 is 71.2. The van der Waals surface area contributed by atoms with Gasteiger partial charge in [0.25, 0.3) is 0 Å². The van der Waals surface area contributed by atoms with E-state index in [0.717, 1.165) is 25.8 Å². The number of carbonyl (C=O) groups is 12. The number of nitrogens with one attached hydrogen (secondary N) is 4. The Balaban J connectivity index is 1.26. The number of carboxylic acids is 1. The smallest absolute Gasteiger partial charge is 0.422 e. The average Bonchev–Trinajstić information content (AvgIpc) is 1.73. The summed E-state index contributed by atoms with van der Waals surface area (Å²) >= 11 is 0. The standard InChI is InChI=1S/C73H107F5N12O13/c1-15-44(6)60(68(99)85(11)45(7)70(101)102)81-62(93)54(36-42(3)4)86(12)58(92)40-55(66(97)83(8)9)87(13)69(100)61(48-22-17-18-23-48)88(14)71(103)72(32-19-20-33-72)82-63(94)53-24-21-35-90(53)65(96)52(30-29-47-37-49(74)59(50(75)38-47)73(76,77)78)80-57(91)41-84(10)67(98)56(39-46-27-25-43(5)26-28-46)89(16-2)64(95)51-31-34-79-51/h25-28,37-38,42,44-45,48,51-56,60-61,79H,15-24,29-36,39-41H2,1-14H3,(H,80,91)(H,81,93)(H,82,94)(H,101,102)/t44-,45-,51-,52-,53-,54-,55-,56-,60-,61-/m0/s1. The second-order valence-electron chi connectivity index (χ2n) is 29.2. The van der Waals surface area contributed by atoms with Gasteiger partial charge in [-0.15, -0.1) is 0 Å². The van der Waals surface area contributed by atoms with Crippen LogP contribution in [0.15, 0.2) is 36.4 Å². The molecule has 2 saturated heterocycles. The van der Waals surface area contributed by atoms with Crippen molar-refractivity contribution in [2.24, 2.45) is 17.8 Å². The van der Waals surface area contributed by atoms with Gasteiger partial charge < -0.3 is 65.6 Å². The van der Waals surface area contributed by atoms with Crippen molar-refractivity contribution in [2.45, 2.75) is 224 Å². The minimum absolute atomic E-state index is 0.0478. The molecule has 0 aromatic heterocycles. The van der Waals surface area contributed by atoms with Gasteiger partial charge in [-0.3, -0.25) is 52.7 Å². The van der Waals surface area contributed by atoms with E-state index in [9.17, 15) is 56.6 Å². The number of carbonyl (C=O) groups excluding carboxylic acids is 11. The third-order valence-corrected chi connectivity index (χ3v) is 21.2. The molecule has 5 N–H and O–H groups in total. The van der Waals surface area contributed by atoms with Gasteiger partial charge in [0.2, 0.25) is 65.0 Å². The van der Waals surface area contributed by atoms with Crippen molar-refractivity contribution < 1.29 is 84.6 Å². The van der Waals surface area contributed by atoms with Crippen LogP contribution in [-0.2, 0) is 76.6 Å². The molecule has 572 valence electrons. The van der Waals surface area contributed by atoms with Crippen molar-refractivity contribution in [3.05, 3.63) is 70.3 Å². The number of likely N-dealkylation sites (tertiary alicyclic amines) is 1. The molecule has 4 aliphatic rings. The Kier molecular flexibility index (Phi) is 29.6. The average molecular weight is 1460 g/mol. The summed E-state index contributed by atoms with van der Waals surface area (Å²) in [5.74, 6) is -13.7. The maximum Gasteiger partial charge on any atom is 0.422 e. The van der Waals surface area contributed by atoms with Gasteiger partial charge in [-0.25, -0.2) is 13.6 Å². The van der Waals surface area contributed by atoms with Gasteiger partial charge in [0.15, 0.2) is 0 Å². The quantitative estimate of drug-likeness (QED) is 0.0584. The number of aliphatic carboxylic acids is 1. The summed E-state index contributed by atoms with van der Waals surface area (Å²) in [5, 5.41) is 21.1. The van der Waals surface area contributed by atoms with Crippen LogP contribution in [0.2, 0.25) is 0 Å². The van der Waals surface area contributed by atoms with Crippen LogP contribution < -0.4 is 21.3 Å². The minimum atomic E-state index is -5.39. The number of hydrogen-bond acceptors (Lipinski definition) is 13. The van der Waals surface area contributed by atoms with Crippen LogP contribution in [0, 0.1) is 36.3 Å². The molecule has 25 nitrogen and oxygen atoms in total. The van der Waals surface area contributed by atoms with Crippen LogP contribution in [0.1, 0.15) is 160 Å². The number of halogens is 5. The van der Waals surface area contributed by atoms with Gasteiger partial charge in [0.05, 0.1) is 19.0 Å². The van der Waals surface area contributed by atoms with Crippen LogP contribution in [-0.4, -0.2) is 251 Å². The fraction of sp³-hybridized carbons (Fsp3) is 0.671. The molecular weight excluding hydrogens is 1350 g/mol. The van der Waals surface area contributed by atoms with Crippen LogP contribution >= 0.6 is 0 Å². The molecule has 10 atom stereocenters. The largest absolute Gasteiger partial charge is 0.480 e. The Morgan fingerprint density at radius 3 is 1.83 bits per heavy atom. The fourth-order valence-corrected chi connectivity index (χ4v) is 14.4. The predicted octanol–water partition coefficient (Wildman–Crippen LogP) is 5.07. The van der Waals surface area contributed by atoms with Crippen LogP contribution in [0.25, 0.3) is 0 Å². The molecule has 2 aliphatic carbocycles. The summed E-state index contributed by atoms with van der Waals surface area (Å²) in [7, 11) is 9.71. The molecule has 0 radical (unpaired) electrons. The molecule has 6 rings (SSSR count). The molecule has 30 heteroatoms. The summed E-state index contributed by atoms with van der Waals surface area (Å²) in [5.41, 5.74) is -2.40. The molecule has 103 heavy (non-hydrogen) atoms. The summed E-state index contributed by atoms with van der Waals surface area (Å²) in [6.07, 6.45) is -2.08. The zero-order valence-corrected chi connectivity index (χ0v) is 62.1. The predicted molar refractivity (Wildman–Crippen MR) is 371 cm³/mol. The van der Waals surface area contributed by atoms with E-state index in [2.05, 4.69) is 21.3 Å². The first-order valence-electron chi connectivity index (χ1n) is 35.9. The summed E-state index contributed by atoms with van der Waals surface area (Å²) in [6.45, 7) is 12.1. The number of benzene rings is 2. The molecule has 2 heterocycles. The molecule has 2 saturated carbocycles. The molecule has 11 amide bonds. The lowest BCUT2D eigenvalue weighted by Gasteiger charge is -2.42. The van der Waals surface area contributed by atoms with Crippen LogP contribution in [0.5, 0.6) is 0 Å². The maximum absolute atomic E-state index is 15.6. The molecule has 0 bridgehead atoms. The number of likely N-dealkylation sites (N-methyl/N-ethyl adjacent to an activating group) is 7. The summed E-state index contributed by atoms with van der Waals surface area (Å²) in [6, 6.07) is -2.56. The topological polar surface area (TPSA) is 299 Å². The Bertz CT molecular complexity index is 3370. The zero-order valence-electron chi connectivity index (χ0n) is 62.1. The molecule has 2 aromatic rings. The number of rotatable bonds is 33. The highest BCUT2D eigenvalue weighted by atomic mass is 19.4. The number of hydrogen-bond donors (Lipinski definition) is 5. The maximum atomic E-state index is 15.6. The van der Waals surface area contributed by atoms with E-state index in [4.69, 9.17) is 0 Å². The molecule has 0 unspecified atom stereocenters. The molecular formula is C73H107F5N12O13. The third-order valence-electron chi connectivity index (χ3n) is 21.2. The van der Waals surface area contributed by atoms with E-state index in [1.54, 1.807) is 20.8 Å². The van der Waals surface area contributed by atoms with E-state index >= 15 is 28.0 Å². The van der Waals surface area contributed by atoms with Crippen molar-refractivity contribution in [3.63, 3.8) is 0 Å². The van der Waals surface area contributed by atoms with Crippen LogP contribution in [0.4, 0.5) is 22.0 Å². The fourth-order valence-electron chi connectivity index (χ4n) is 14.4. The first kappa shape index (κ1) is 83.6. The second-order valence-corrected chi connectivity index (χ2v) is 29.2. The van der Waals surface area contributed by atoms with E-state index in [1.165, 1.54) is 80.8 Å². The minimum Gasteiger partial charge on any atom is -0.480 e. The van der Waals surface area contributed by atoms with Crippen molar-refractivity contribution >= 4 is 70.9 Å². The van der Waals surface area contributed by atoms with E-state index in [0.29, 0.717) is 70.0 Å². The highest BCUT2D eigenvalue weighted by Gasteiger charge is 2.52. The Labute approximate surface area is 601 Å². The lowest BCUT2D eigenvalue weighted by atomic mass is 9.90. The molecule has 2 aliphatic heterocycles. The number of aryl methyl sites for hydroxylation is 2. The second kappa shape index (κ2) is 36.4. The van der Waals surface area contributed by atoms with E-state index in [1.807, 2.05) is 45.0 Å². The number of carboxylic acid groups (broad SMARTS) is 1. The van der Waals surface area contributed by atoms with Gasteiger partial charge >= 0.3 is 12.1 Å². The lowest BCUT2D eigenvalue weighted by molar-refractivity contribution is -0.156. The van der Waals surface area contributed by atoms with Crippen molar-refractivity contribution in [1.82, 2.24) is 60.5 Å². The van der Waals surface area contributed by atoms with E-state index < -0.39 is 186 Å². The van der Waals surface area contributed by atoms with E-state index in [-0.39, 0.29) is 69.0 Å². The normalized spacial score (nSPS) is 18.9. The molecule has 2 aromatic carbocycles. The van der Waals surface area contributed by atoms with Gasteiger partial charge in [-0.1, -0.05) is 89.6 Å². The lowest BCUT2D eigenvalue weighted by Crippen LogP contribution is -2.65. The number of alkyl halides is 3. The number of nitrogens with zero attached hydrogens (tertiary/aromatic N) is 8. The van der Waals surface area contributed by atoms with Crippen molar-refractivity contribution in [2.75, 3.05) is 75.5 Å². The Morgan fingerprint density at radius 2 is 1.31 bits per heavy atom.